The SMILES string of the molecule is CCCC(=O)[O][Hg][c]1ccccc1.N. The first kappa shape index (κ1) is 13.6. The van der Waals surface area contributed by atoms with Gasteiger partial charge in [-0.05, 0) is 0 Å². The smallest absolute Gasteiger partial charge is 0.344 e. The summed E-state index contributed by atoms with van der Waals surface area (Å²) >= 11 is -1.56. The minimum Gasteiger partial charge on any atom is -0.344 e. The predicted molar refractivity (Wildman–Crippen MR) is 52.1 cm³/mol. The van der Waals surface area contributed by atoms with Crippen molar-refractivity contribution in [3.8, 4) is 0 Å². The molecular weight excluding hydrogens is 367 g/mol. The van der Waals surface area contributed by atoms with E-state index in [0.29, 0.717) is 6.42 Å². The Kier molecular flexibility index (Phi) is 7.70. The molecule has 0 saturated heterocycles. The van der Waals surface area contributed by atoms with Crippen LogP contribution in [-0.2, 0) is 32.5 Å². The number of hydrogen-bond donors (Lipinski definition) is 1. The predicted octanol–water partition coefficient (Wildman–Crippen LogP) is 1.81. The van der Waals surface area contributed by atoms with E-state index in [2.05, 4.69) is 0 Å². The second kappa shape index (κ2) is 7.94. The molecular formula is C10H15HgNO2. The number of benzene rings is 1. The molecule has 0 amide bonds. The molecule has 0 aromatic heterocycles. The Hall–Kier alpha value is -0.415. The summed E-state index contributed by atoms with van der Waals surface area (Å²) in [5, 5.41) is 0. The van der Waals surface area contributed by atoms with Crippen LogP contribution in [0.3, 0.4) is 0 Å². The van der Waals surface area contributed by atoms with Crippen molar-refractivity contribution in [1.29, 1.82) is 0 Å². The summed E-state index contributed by atoms with van der Waals surface area (Å²) in [5.41, 5.74) is 0. The van der Waals surface area contributed by atoms with Crippen LogP contribution in [0.1, 0.15) is 19.8 Å². The standard InChI is InChI=1S/C6H5.C4H8O2.Hg.H3N/c1-2-4-6-5-3-1;1-2-3-4(5)6;;/h1-5H;2-3H2,1H3,(H,5,6);;1H3/q;;+1;/p-1. The van der Waals surface area contributed by atoms with Crippen LogP contribution in [0.5, 0.6) is 0 Å². The molecule has 14 heavy (non-hydrogen) atoms. The van der Waals surface area contributed by atoms with Crippen LogP contribution in [0, 0.1) is 0 Å². The second-order valence-corrected chi connectivity index (χ2v) is 8.31. The molecule has 0 radical (unpaired) electrons. The summed E-state index contributed by atoms with van der Waals surface area (Å²) in [6, 6.07) is 10.0. The first-order chi connectivity index (χ1) is 6.33. The minimum atomic E-state index is -1.56. The van der Waals surface area contributed by atoms with E-state index in [1.165, 1.54) is 3.07 Å². The minimum absolute atomic E-state index is 0. The molecule has 0 unspecified atom stereocenters. The van der Waals surface area contributed by atoms with E-state index in [-0.39, 0.29) is 12.1 Å². The fourth-order valence-electron chi connectivity index (χ4n) is 1.01. The van der Waals surface area contributed by atoms with Crippen molar-refractivity contribution in [3.63, 3.8) is 0 Å². The molecule has 0 aliphatic heterocycles. The third-order valence-electron chi connectivity index (χ3n) is 1.70. The van der Waals surface area contributed by atoms with Crippen molar-refractivity contribution >= 4 is 9.04 Å². The second-order valence-electron chi connectivity index (χ2n) is 2.90. The zero-order valence-corrected chi connectivity index (χ0v) is 14.0. The largest absolute Gasteiger partial charge is 0.344 e. The average molecular weight is 382 g/mol. The maximum absolute atomic E-state index is 11.0. The van der Waals surface area contributed by atoms with Crippen molar-refractivity contribution in [2.45, 2.75) is 19.8 Å². The van der Waals surface area contributed by atoms with Crippen LogP contribution in [0.2, 0.25) is 0 Å². The van der Waals surface area contributed by atoms with Gasteiger partial charge in [0.25, 0.3) is 0 Å². The van der Waals surface area contributed by atoms with Gasteiger partial charge in [-0.15, -0.1) is 0 Å². The molecule has 0 bridgehead atoms. The molecule has 3 N–H and O–H groups in total. The average Bonchev–Trinajstić information content (AvgIpc) is 2.17. The maximum Gasteiger partial charge on any atom is -0.344 e. The van der Waals surface area contributed by atoms with Crippen LogP contribution in [0.25, 0.3) is 0 Å². The molecule has 0 fully saturated rings. The van der Waals surface area contributed by atoms with Gasteiger partial charge in [0.05, 0.1) is 0 Å². The quantitative estimate of drug-likeness (QED) is 0.809. The molecule has 4 heteroatoms. The fraction of sp³-hybridized carbons (Fsp3) is 0.300. The molecule has 0 atom stereocenters. The van der Waals surface area contributed by atoms with Crippen LogP contribution in [0.15, 0.2) is 30.3 Å². The Morgan fingerprint density at radius 1 is 1.36 bits per heavy atom. The summed E-state index contributed by atoms with van der Waals surface area (Å²) in [6.45, 7) is 1.99. The zero-order chi connectivity index (χ0) is 9.52. The first-order valence-electron chi connectivity index (χ1n) is 4.52. The Balaban J connectivity index is 0.00000169. The molecule has 0 aliphatic carbocycles. The number of hydrogen-bond acceptors (Lipinski definition) is 3. The van der Waals surface area contributed by atoms with Gasteiger partial charge in [-0.25, -0.2) is 0 Å². The topological polar surface area (TPSA) is 61.3 Å². The molecule has 1 rings (SSSR count). The first-order valence-corrected chi connectivity index (χ1v) is 9.52. The third-order valence-corrected chi connectivity index (χ3v) is 6.64. The van der Waals surface area contributed by atoms with E-state index >= 15 is 0 Å². The summed E-state index contributed by atoms with van der Waals surface area (Å²) in [7, 11) is 0. The number of rotatable bonds is 4. The summed E-state index contributed by atoms with van der Waals surface area (Å²) in [4.78, 5) is 11.0. The normalized spacial score (nSPS) is 8.36. The van der Waals surface area contributed by atoms with Gasteiger partial charge in [-0.2, -0.15) is 0 Å². The van der Waals surface area contributed by atoms with E-state index in [4.69, 9.17) is 2.64 Å². The van der Waals surface area contributed by atoms with Gasteiger partial charge in [0.15, 0.2) is 0 Å². The van der Waals surface area contributed by atoms with Gasteiger partial charge in [0.1, 0.15) is 0 Å². The monoisotopic (exact) mass is 383 g/mol. The Bertz CT molecular complexity index is 264. The van der Waals surface area contributed by atoms with E-state index in [1.54, 1.807) is 0 Å². The molecule has 3 nitrogen and oxygen atoms in total. The van der Waals surface area contributed by atoms with E-state index in [0.717, 1.165) is 6.42 Å². The van der Waals surface area contributed by atoms with Crippen molar-refractivity contribution in [2.75, 3.05) is 0 Å². The molecule has 74 valence electrons. The molecule has 0 aliphatic rings. The molecule has 0 heterocycles. The van der Waals surface area contributed by atoms with Gasteiger partial charge >= 0.3 is 91.6 Å². The summed E-state index contributed by atoms with van der Waals surface area (Å²) in [5.74, 6) is -0.0204. The van der Waals surface area contributed by atoms with Gasteiger partial charge < -0.3 is 6.15 Å². The van der Waals surface area contributed by atoms with E-state index in [9.17, 15) is 4.79 Å². The van der Waals surface area contributed by atoms with Gasteiger partial charge in [-0.3, -0.25) is 0 Å². The van der Waals surface area contributed by atoms with Gasteiger partial charge in [-0.1, -0.05) is 0 Å². The Labute approximate surface area is 97.5 Å². The van der Waals surface area contributed by atoms with Crippen LogP contribution >= 0.6 is 0 Å². The van der Waals surface area contributed by atoms with Crippen molar-refractivity contribution in [1.82, 2.24) is 6.15 Å². The fourth-order valence-corrected chi connectivity index (χ4v) is 4.66. The molecule has 1 aromatic carbocycles. The number of carbonyl (C=O) groups excluding carboxylic acids is 1. The summed E-state index contributed by atoms with van der Waals surface area (Å²) < 4.78 is 6.51. The van der Waals surface area contributed by atoms with E-state index < -0.39 is 25.0 Å². The van der Waals surface area contributed by atoms with Crippen molar-refractivity contribution in [3.05, 3.63) is 30.3 Å². The van der Waals surface area contributed by atoms with Crippen molar-refractivity contribution in [2.24, 2.45) is 0 Å². The molecule has 0 spiro atoms. The third kappa shape index (κ3) is 5.34. The zero-order valence-electron chi connectivity index (χ0n) is 8.53. The van der Waals surface area contributed by atoms with Crippen LogP contribution < -0.4 is 9.22 Å². The Morgan fingerprint density at radius 3 is 2.57 bits per heavy atom. The summed E-state index contributed by atoms with van der Waals surface area (Å²) in [6.07, 6.45) is 1.44. The van der Waals surface area contributed by atoms with Crippen molar-refractivity contribution < 1.29 is 32.5 Å². The van der Waals surface area contributed by atoms with Crippen LogP contribution in [-0.4, -0.2) is 5.97 Å². The number of carbonyl (C=O) groups is 1. The molecule has 1 aromatic rings. The Morgan fingerprint density at radius 2 is 2.00 bits per heavy atom. The van der Waals surface area contributed by atoms with Crippen LogP contribution in [0.4, 0.5) is 0 Å². The molecule has 0 saturated carbocycles. The van der Waals surface area contributed by atoms with Gasteiger partial charge in [0, 0.05) is 0 Å². The van der Waals surface area contributed by atoms with Gasteiger partial charge in [0.2, 0.25) is 0 Å². The maximum atomic E-state index is 11.0. The van der Waals surface area contributed by atoms with E-state index in [1.807, 2.05) is 37.3 Å².